The van der Waals surface area contributed by atoms with Crippen molar-refractivity contribution < 1.29 is 0 Å². The number of aliphatic imine (C=N–C) groups is 1. The first-order valence-electron chi connectivity index (χ1n) is 5.37. The average molecular weight is 192 g/mol. The molecule has 0 amide bonds. The van der Waals surface area contributed by atoms with Crippen molar-refractivity contribution in [2.24, 2.45) is 4.99 Å². The summed E-state index contributed by atoms with van der Waals surface area (Å²) in [5, 5.41) is 0. The third-order valence-corrected chi connectivity index (χ3v) is 2.52. The Morgan fingerprint density at radius 1 is 1.29 bits per heavy atom. The van der Waals surface area contributed by atoms with Gasteiger partial charge in [0, 0.05) is 18.8 Å². The van der Waals surface area contributed by atoms with Crippen LogP contribution in [0.5, 0.6) is 0 Å². The van der Waals surface area contributed by atoms with Crippen molar-refractivity contribution in [2.45, 2.75) is 33.1 Å². The maximum Gasteiger partial charge on any atom is 0.124 e. The predicted molar refractivity (Wildman–Crippen MR) is 62.5 cm³/mol. The van der Waals surface area contributed by atoms with E-state index in [1.54, 1.807) is 6.08 Å². The number of rotatable bonds is 3. The van der Waals surface area contributed by atoms with E-state index >= 15 is 0 Å². The molecule has 0 saturated carbocycles. The first-order chi connectivity index (χ1) is 6.77. The quantitative estimate of drug-likeness (QED) is 0.628. The number of allylic oxidation sites excluding steroid dienone is 2. The molecule has 2 nitrogen and oxygen atoms in total. The smallest absolute Gasteiger partial charge is 0.124 e. The van der Waals surface area contributed by atoms with Crippen LogP contribution in [-0.4, -0.2) is 23.7 Å². The molecule has 1 heterocycles. The van der Waals surface area contributed by atoms with E-state index in [0.29, 0.717) is 0 Å². The number of hydrogen-bond acceptors (Lipinski definition) is 2. The van der Waals surface area contributed by atoms with E-state index in [0.717, 1.165) is 24.6 Å². The molecule has 1 saturated heterocycles. The molecule has 0 unspecified atom stereocenters. The van der Waals surface area contributed by atoms with Crippen LogP contribution in [0.4, 0.5) is 0 Å². The molecular formula is C12H20N2. The maximum atomic E-state index is 4.52. The van der Waals surface area contributed by atoms with Gasteiger partial charge in [0.2, 0.25) is 0 Å². The Hall–Kier alpha value is -1.05. The van der Waals surface area contributed by atoms with Gasteiger partial charge in [0.15, 0.2) is 0 Å². The zero-order valence-electron chi connectivity index (χ0n) is 9.29. The molecule has 0 aromatic carbocycles. The van der Waals surface area contributed by atoms with Crippen LogP contribution in [0, 0.1) is 0 Å². The Kier molecular flexibility index (Phi) is 4.44. The predicted octanol–water partition coefficient (Wildman–Crippen LogP) is 2.98. The molecule has 1 aliphatic rings. The monoisotopic (exact) mass is 192 g/mol. The first-order valence-corrected chi connectivity index (χ1v) is 5.37. The molecule has 0 aromatic rings. The minimum atomic E-state index is 0.990. The minimum Gasteiger partial charge on any atom is -0.357 e. The highest BCUT2D eigenvalue weighted by atomic mass is 15.2. The van der Waals surface area contributed by atoms with E-state index in [9.17, 15) is 0 Å². The van der Waals surface area contributed by atoms with Gasteiger partial charge < -0.3 is 4.90 Å². The number of piperidine rings is 1. The summed E-state index contributed by atoms with van der Waals surface area (Å²) in [6.45, 7) is 10.0. The van der Waals surface area contributed by atoms with E-state index in [2.05, 4.69) is 22.5 Å². The topological polar surface area (TPSA) is 15.6 Å². The third-order valence-electron chi connectivity index (χ3n) is 2.52. The molecule has 2 heteroatoms. The average Bonchev–Trinajstić information content (AvgIpc) is 2.26. The Morgan fingerprint density at radius 3 is 2.43 bits per heavy atom. The summed E-state index contributed by atoms with van der Waals surface area (Å²) >= 11 is 0. The second kappa shape index (κ2) is 5.63. The van der Waals surface area contributed by atoms with Gasteiger partial charge in [0.1, 0.15) is 5.82 Å². The lowest BCUT2D eigenvalue weighted by Gasteiger charge is -2.28. The van der Waals surface area contributed by atoms with Crippen LogP contribution in [-0.2, 0) is 0 Å². The van der Waals surface area contributed by atoms with E-state index in [1.165, 1.54) is 19.3 Å². The van der Waals surface area contributed by atoms with Crippen molar-refractivity contribution >= 4 is 5.71 Å². The highest BCUT2D eigenvalue weighted by molar-refractivity contribution is 5.92. The molecular weight excluding hydrogens is 172 g/mol. The van der Waals surface area contributed by atoms with Crippen LogP contribution in [0.2, 0.25) is 0 Å². The minimum absolute atomic E-state index is 0.990. The molecule has 0 radical (unpaired) electrons. The first kappa shape index (κ1) is 11.0. The third kappa shape index (κ3) is 3.02. The van der Waals surface area contributed by atoms with Crippen LogP contribution >= 0.6 is 0 Å². The number of nitrogens with zero attached hydrogens (tertiary/aromatic N) is 2. The summed E-state index contributed by atoms with van der Waals surface area (Å²) in [5.41, 5.74) is 0.990. The highest BCUT2D eigenvalue weighted by Gasteiger charge is 2.11. The van der Waals surface area contributed by atoms with Crippen molar-refractivity contribution in [3.05, 3.63) is 24.6 Å². The molecule has 1 fully saturated rings. The summed E-state index contributed by atoms with van der Waals surface area (Å²) in [6.07, 6.45) is 7.82. The zero-order valence-corrected chi connectivity index (χ0v) is 9.29. The fourth-order valence-corrected chi connectivity index (χ4v) is 1.67. The lowest BCUT2D eigenvalue weighted by atomic mass is 10.1. The molecule has 0 spiro atoms. The lowest BCUT2D eigenvalue weighted by Crippen LogP contribution is -2.28. The van der Waals surface area contributed by atoms with E-state index in [4.69, 9.17) is 0 Å². The summed E-state index contributed by atoms with van der Waals surface area (Å²) in [4.78, 5) is 6.88. The Bertz CT molecular complexity index is 245. The van der Waals surface area contributed by atoms with E-state index in [-0.39, 0.29) is 0 Å². The van der Waals surface area contributed by atoms with Crippen LogP contribution < -0.4 is 0 Å². The number of hydrogen-bond donors (Lipinski definition) is 0. The summed E-state index contributed by atoms with van der Waals surface area (Å²) in [7, 11) is 0. The highest BCUT2D eigenvalue weighted by Crippen LogP contribution is 2.15. The van der Waals surface area contributed by atoms with Crippen molar-refractivity contribution in [3.63, 3.8) is 0 Å². The van der Waals surface area contributed by atoms with Gasteiger partial charge in [-0.3, -0.25) is 0 Å². The maximum absolute atomic E-state index is 4.52. The zero-order chi connectivity index (χ0) is 10.4. The molecule has 1 rings (SSSR count). The molecule has 0 N–H and O–H groups in total. The van der Waals surface area contributed by atoms with Crippen molar-refractivity contribution in [2.75, 3.05) is 13.1 Å². The molecule has 0 atom stereocenters. The van der Waals surface area contributed by atoms with Crippen molar-refractivity contribution in [1.29, 1.82) is 0 Å². The van der Waals surface area contributed by atoms with Gasteiger partial charge in [-0.25, -0.2) is 4.99 Å². The van der Waals surface area contributed by atoms with Gasteiger partial charge in [-0.2, -0.15) is 0 Å². The van der Waals surface area contributed by atoms with E-state index < -0.39 is 0 Å². The van der Waals surface area contributed by atoms with Gasteiger partial charge in [-0.05, 0) is 45.3 Å². The van der Waals surface area contributed by atoms with Crippen molar-refractivity contribution in [3.8, 4) is 0 Å². The Morgan fingerprint density at radius 2 is 1.93 bits per heavy atom. The second-order valence-corrected chi connectivity index (χ2v) is 3.65. The largest absolute Gasteiger partial charge is 0.357 e. The summed E-state index contributed by atoms with van der Waals surface area (Å²) in [6, 6.07) is 0. The molecule has 0 aromatic heterocycles. The molecule has 1 aliphatic heterocycles. The molecule has 0 bridgehead atoms. The van der Waals surface area contributed by atoms with Gasteiger partial charge in [0.05, 0.1) is 0 Å². The Labute approximate surface area is 87.0 Å². The fourth-order valence-electron chi connectivity index (χ4n) is 1.67. The van der Waals surface area contributed by atoms with Crippen LogP contribution in [0.15, 0.2) is 29.5 Å². The summed E-state index contributed by atoms with van der Waals surface area (Å²) < 4.78 is 0. The normalized spacial score (nSPS) is 19.7. The van der Waals surface area contributed by atoms with Gasteiger partial charge in [-0.15, -0.1) is 0 Å². The second-order valence-electron chi connectivity index (χ2n) is 3.65. The standard InChI is InChI=1S/C12H20N2/c1-4-11(3)13-12(5-2)14-9-7-6-8-10-14/h4-5H,1,6-10H2,2-3H3/b12-5+,13-11-. The van der Waals surface area contributed by atoms with Crippen molar-refractivity contribution in [1.82, 2.24) is 4.90 Å². The fraction of sp³-hybridized carbons (Fsp3) is 0.583. The van der Waals surface area contributed by atoms with Crippen LogP contribution in [0.25, 0.3) is 0 Å². The molecule has 78 valence electrons. The van der Waals surface area contributed by atoms with Gasteiger partial charge >= 0.3 is 0 Å². The lowest BCUT2D eigenvalue weighted by molar-refractivity contribution is 0.283. The van der Waals surface area contributed by atoms with Gasteiger partial charge in [-0.1, -0.05) is 6.58 Å². The SMILES string of the molecule is C=C/C(C)=N\C(=C/C)N1CCCCC1. The molecule has 14 heavy (non-hydrogen) atoms. The Balaban J connectivity index is 2.66. The van der Waals surface area contributed by atoms with Crippen LogP contribution in [0.3, 0.4) is 0 Å². The van der Waals surface area contributed by atoms with Gasteiger partial charge in [0.25, 0.3) is 0 Å². The summed E-state index contributed by atoms with van der Waals surface area (Å²) in [5.74, 6) is 1.10. The van der Waals surface area contributed by atoms with Crippen LogP contribution in [0.1, 0.15) is 33.1 Å². The number of likely N-dealkylation sites (tertiary alicyclic amines) is 1. The van der Waals surface area contributed by atoms with E-state index in [1.807, 2.05) is 13.8 Å². The molecule has 0 aliphatic carbocycles.